The fraction of sp³-hybridized carbons (Fsp3) is 0.417. The van der Waals surface area contributed by atoms with Crippen LogP contribution in [-0.4, -0.2) is 29.2 Å². The number of nitrogens with one attached hydrogen (secondary N) is 2. The molecular weight excluding hydrogens is 216 g/mol. The van der Waals surface area contributed by atoms with E-state index in [0.717, 1.165) is 12.8 Å². The Kier molecular flexibility index (Phi) is 5.71. The lowest BCUT2D eigenvalue weighted by atomic mass is 10.3. The maximum absolute atomic E-state index is 11.6. The van der Waals surface area contributed by atoms with Gasteiger partial charge in [0.05, 0.1) is 0 Å². The van der Waals surface area contributed by atoms with E-state index in [9.17, 15) is 4.79 Å². The molecule has 0 aromatic carbocycles. The Morgan fingerprint density at radius 1 is 1.47 bits per heavy atom. The van der Waals surface area contributed by atoms with Crippen molar-refractivity contribution in [2.24, 2.45) is 0 Å². The molecule has 1 aromatic heterocycles. The summed E-state index contributed by atoms with van der Waals surface area (Å²) in [5.41, 5.74) is 0.338. The molecule has 5 nitrogen and oxygen atoms in total. The summed E-state index contributed by atoms with van der Waals surface area (Å²) < 4.78 is 0. The lowest BCUT2D eigenvalue weighted by Gasteiger charge is -2.04. The third kappa shape index (κ3) is 4.63. The van der Waals surface area contributed by atoms with Gasteiger partial charge in [-0.3, -0.25) is 4.79 Å². The van der Waals surface area contributed by atoms with E-state index in [2.05, 4.69) is 34.3 Å². The van der Waals surface area contributed by atoms with Gasteiger partial charge in [0.25, 0.3) is 5.91 Å². The Bertz CT molecular complexity index is 361. The molecule has 2 N–H and O–H groups in total. The fourth-order valence-electron chi connectivity index (χ4n) is 1.19. The van der Waals surface area contributed by atoms with Crippen molar-refractivity contribution >= 4 is 11.7 Å². The largest absolute Gasteiger partial charge is 0.365 e. The SMILES string of the molecule is C=CCNc1ccc(C(=O)NCCCC)nn1. The van der Waals surface area contributed by atoms with Crippen LogP contribution in [0.5, 0.6) is 0 Å². The minimum absolute atomic E-state index is 0.179. The average Bonchev–Trinajstić information content (AvgIpc) is 2.37. The highest BCUT2D eigenvalue weighted by atomic mass is 16.1. The van der Waals surface area contributed by atoms with Crippen LogP contribution in [0.4, 0.5) is 5.82 Å². The highest BCUT2D eigenvalue weighted by Gasteiger charge is 2.06. The van der Waals surface area contributed by atoms with Crippen molar-refractivity contribution in [3.63, 3.8) is 0 Å². The topological polar surface area (TPSA) is 66.9 Å². The van der Waals surface area contributed by atoms with Gasteiger partial charge in [0.15, 0.2) is 5.69 Å². The molecule has 0 saturated carbocycles. The predicted molar refractivity (Wildman–Crippen MR) is 68.0 cm³/mol. The highest BCUT2D eigenvalue weighted by Crippen LogP contribution is 2.01. The summed E-state index contributed by atoms with van der Waals surface area (Å²) in [4.78, 5) is 11.6. The van der Waals surface area contributed by atoms with Crippen molar-refractivity contribution in [2.75, 3.05) is 18.4 Å². The van der Waals surface area contributed by atoms with Crippen LogP contribution in [0.2, 0.25) is 0 Å². The van der Waals surface area contributed by atoms with Gasteiger partial charge < -0.3 is 10.6 Å². The van der Waals surface area contributed by atoms with Crippen LogP contribution in [-0.2, 0) is 0 Å². The molecule has 0 spiro atoms. The van der Waals surface area contributed by atoms with Gasteiger partial charge in [-0.1, -0.05) is 19.4 Å². The maximum atomic E-state index is 11.6. The first-order valence-corrected chi connectivity index (χ1v) is 5.74. The molecule has 0 aliphatic carbocycles. The van der Waals surface area contributed by atoms with E-state index in [1.165, 1.54) is 0 Å². The molecular formula is C12H18N4O. The second kappa shape index (κ2) is 7.38. The molecule has 1 amide bonds. The molecule has 0 atom stereocenters. The number of amides is 1. The standard InChI is InChI=1S/C12H18N4O/c1-3-5-9-14-12(17)10-6-7-11(16-15-10)13-8-4-2/h4,6-7H,2-3,5,8-9H2,1H3,(H,13,16)(H,14,17). The van der Waals surface area contributed by atoms with Crippen LogP contribution in [0, 0.1) is 0 Å². The number of carbonyl (C=O) groups excluding carboxylic acids is 1. The number of aromatic nitrogens is 2. The molecule has 1 heterocycles. The zero-order valence-electron chi connectivity index (χ0n) is 10.1. The molecule has 0 radical (unpaired) electrons. The molecule has 0 saturated heterocycles. The van der Waals surface area contributed by atoms with E-state index in [1.54, 1.807) is 18.2 Å². The third-order valence-corrected chi connectivity index (χ3v) is 2.14. The van der Waals surface area contributed by atoms with Crippen molar-refractivity contribution in [1.29, 1.82) is 0 Å². The van der Waals surface area contributed by atoms with Crippen LogP contribution in [0.25, 0.3) is 0 Å². The Labute approximate surface area is 101 Å². The fourth-order valence-corrected chi connectivity index (χ4v) is 1.19. The molecule has 5 heteroatoms. The molecule has 0 aliphatic rings. The minimum atomic E-state index is -0.179. The summed E-state index contributed by atoms with van der Waals surface area (Å²) in [6, 6.07) is 3.38. The van der Waals surface area contributed by atoms with E-state index >= 15 is 0 Å². The number of hydrogen-bond acceptors (Lipinski definition) is 4. The summed E-state index contributed by atoms with van der Waals surface area (Å²) >= 11 is 0. The smallest absolute Gasteiger partial charge is 0.271 e. The number of anilines is 1. The van der Waals surface area contributed by atoms with Crippen LogP contribution < -0.4 is 10.6 Å². The zero-order valence-corrected chi connectivity index (χ0v) is 10.1. The Hall–Kier alpha value is -1.91. The summed E-state index contributed by atoms with van der Waals surface area (Å²) in [6.07, 6.45) is 3.75. The van der Waals surface area contributed by atoms with Gasteiger partial charge in [0.1, 0.15) is 5.82 Å². The van der Waals surface area contributed by atoms with Crippen LogP contribution in [0.15, 0.2) is 24.8 Å². The normalized spacial score (nSPS) is 9.71. The second-order valence-electron chi connectivity index (χ2n) is 3.58. The number of carbonyl (C=O) groups is 1. The number of rotatable bonds is 7. The first kappa shape index (κ1) is 13.2. The van der Waals surface area contributed by atoms with Gasteiger partial charge >= 0.3 is 0 Å². The minimum Gasteiger partial charge on any atom is -0.365 e. The molecule has 0 unspecified atom stereocenters. The lowest BCUT2D eigenvalue weighted by Crippen LogP contribution is -2.25. The van der Waals surface area contributed by atoms with E-state index in [4.69, 9.17) is 0 Å². The van der Waals surface area contributed by atoms with E-state index in [1.807, 2.05) is 0 Å². The molecule has 1 aromatic rings. The summed E-state index contributed by atoms with van der Waals surface area (Å²) in [5.74, 6) is 0.455. The summed E-state index contributed by atoms with van der Waals surface area (Å²) in [6.45, 7) is 6.96. The van der Waals surface area contributed by atoms with Crippen molar-refractivity contribution in [3.8, 4) is 0 Å². The molecule has 0 fully saturated rings. The second-order valence-corrected chi connectivity index (χ2v) is 3.58. The van der Waals surface area contributed by atoms with Gasteiger partial charge in [-0.2, -0.15) is 0 Å². The van der Waals surface area contributed by atoms with Gasteiger partial charge in [-0.25, -0.2) is 0 Å². The van der Waals surface area contributed by atoms with Gasteiger partial charge in [0, 0.05) is 13.1 Å². The lowest BCUT2D eigenvalue weighted by molar-refractivity contribution is 0.0947. The van der Waals surface area contributed by atoms with Gasteiger partial charge in [-0.15, -0.1) is 16.8 Å². The predicted octanol–water partition coefficient (Wildman–Crippen LogP) is 1.60. The molecule has 0 bridgehead atoms. The van der Waals surface area contributed by atoms with Crippen molar-refractivity contribution in [3.05, 3.63) is 30.5 Å². The summed E-state index contributed by atoms with van der Waals surface area (Å²) in [5, 5.41) is 13.5. The third-order valence-electron chi connectivity index (χ3n) is 2.14. The van der Waals surface area contributed by atoms with Gasteiger partial charge in [-0.05, 0) is 18.6 Å². The summed E-state index contributed by atoms with van der Waals surface area (Å²) in [7, 11) is 0. The molecule has 1 rings (SSSR count). The van der Waals surface area contributed by atoms with Gasteiger partial charge in [0.2, 0.25) is 0 Å². The molecule has 17 heavy (non-hydrogen) atoms. The van der Waals surface area contributed by atoms with Crippen molar-refractivity contribution in [2.45, 2.75) is 19.8 Å². The number of nitrogens with zero attached hydrogens (tertiary/aromatic N) is 2. The highest BCUT2D eigenvalue weighted by molar-refractivity contribution is 5.92. The molecule has 92 valence electrons. The van der Waals surface area contributed by atoms with E-state index in [-0.39, 0.29) is 5.91 Å². The Morgan fingerprint density at radius 3 is 2.88 bits per heavy atom. The number of unbranched alkanes of at least 4 members (excludes halogenated alkanes) is 1. The zero-order chi connectivity index (χ0) is 12.5. The van der Waals surface area contributed by atoms with Crippen LogP contribution >= 0.6 is 0 Å². The van der Waals surface area contributed by atoms with E-state index in [0.29, 0.717) is 24.6 Å². The maximum Gasteiger partial charge on any atom is 0.271 e. The quantitative estimate of drug-likeness (QED) is 0.555. The first-order valence-electron chi connectivity index (χ1n) is 5.74. The van der Waals surface area contributed by atoms with Crippen molar-refractivity contribution < 1.29 is 4.79 Å². The Morgan fingerprint density at radius 2 is 2.29 bits per heavy atom. The number of hydrogen-bond donors (Lipinski definition) is 2. The monoisotopic (exact) mass is 234 g/mol. The van der Waals surface area contributed by atoms with Crippen LogP contribution in [0.3, 0.4) is 0 Å². The van der Waals surface area contributed by atoms with Crippen LogP contribution in [0.1, 0.15) is 30.3 Å². The van der Waals surface area contributed by atoms with Crippen molar-refractivity contribution in [1.82, 2.24) is 15.5 Å². The first-order chi connectivity index (χ1) is 8.27. The van der Waals surface area contributed by atoms with E-state index < -0.39 is 0 Å². The molecule has 0 aliphatic heterocycles. The average molecular weight is 234 g/mol. The Balaban J connectivity index is 2.48.